The first kappa shape index (κ1) is 17.3. The lowest BCUT2D eigenvalue weighted by molar-refractivity contribution is 0.306. The molecule has 0 unspecified atom stereocenters. The van der Waals surface area contributed by atoms with E-state index in [0.29, 0.717) is 18.1 Å². The van der Waals surface area contributed by atoms with Crippen LogP contribution in [0.4, 0.5) is 0 Å². The quantitative estimate of drug-likeness (QED) is 0.354. The molecule has 0 atom stereocenters. The average molecular weight is 345 g/mol. The van der Waals surface area contributed by atoms with Crippen LogP contribution in [0.25, 0.3) is 12.2 Å². The number of hydrogen-bond donors (Lipinski definition) is 1. The predicted molar refractivity (Wildman–Crippen MR) is 103 cm³/mol. The number of nitrogens with zero attached hydrogens (tertiary/aromatic N) is 1. The van der Waals surface area contributed by atoms with E-state index in [2.05, 4.69) is 5.16 Å². The Kier molecular flexibility index (Phi) is 6.04. The smallest absolute Gasteiger partial charge is 0.126 e. The molecule has 0 saturated heterocycles. The van der Waals surface area contributed by atoms with Gasteiger partial charge in [0.15, 0.2) is 0 Å². The Morgan fingerprint density at radius 2 is 1.69 bits per heavy atom. The van der Waals surface area contributed by atoms with Crippen LogP contribution in [-0.2, 0) is 6.61 Å². The third-order valence-corrected chi connectivity index (χ3v) is 3.65. The number of allylic oxidation sites excluding steroid dienone is 2. The van der Waals surface area contributed by atoms with E-state index in [1.165, 1.54) is 0 Å². The lowest BCUT2D eigenvalue weighted by Crippen LogP contribution is -1.94. The molecule has 0 fully saturated rings. The second-order valence-corrected chi connectivity index (χ2v) is 5.55. The normalized spacial score (nSPS) is 12.1. The van der Waals surface area contributed by atoms with E-state index >= 15 is 0 Å². The minimum absolute atomic E-state index is 0.422. The van der Waals surface area contributed by atoms with Crippen molar-refractivity contribution in [1.29, 1.82) is 0 Å². The van der Waals surface area contributed by atoms with Crippen LogP contribution in [0.2, 0.25) is 0 Å². The van der Waals surface area contributed by atoms with Gasteiger partial charge in [-0.2, -0.15) is 0 Å². The van der Waals surface area contributed by atoms with Crippen LogP contribution in [0.3, 0.4) is 0 Å². The zero-order chi connectivity index (χ0) is 18.0. The van der Waals surface area contributed by atoms with Crippen LogP contribution in [0.1, 0.15) is 16.9 Å². The molecule has 26 heavy (non-hydrogen) atoms. The first-order valence-electron chi connectivity index (χ1n) is 8.22. The van der Waals surface area contributed by atoms with Crippen molar-refractivity contribution in [2.45, 2.75) is 6.61 Å². The molecule has 0 saturated carbocycles. The molecule has 3 aromatic rings. The molecule has 0 aliphatic heterocycles. The summed E-state index contributed by atoms with van der Waals surface area (Å²) in [6, 6.07) is 21.4. The maximum Gasteiger partial charge on any atom is 0.126 e. The van der Waals surface area contributed by atoms with Gasteiger partial charge in [0.1, 0.15) is 23.8 Å². The van der Waals surface area contributed by atoms with Crippen LogP contribution in [0.15, 0.2) is 94.7 Å². The van der Waals surface area contributed by atoms with E-state index < -0.39 is 0 Å². The van der Waals surface area contributed by atoms with Gasteiger partial charge >= 0.3 is 0 Å². The number of ether oxygens (including phenoxy) is 1. The van der Waals surface area contributed by atoms with Crippen LogP contribution >= 0.6 is 0 Å². The van der Waals surface area contributed by atoms with Gasteiger partial charge in [-0.15, -0.1) is 0 Å². The van der Waals surface area contributed by atoms with Crippen molar-refractivity contribution in [2.75, 3.05) is 0 Å². The standard InChI is InChI=1S/C22H19NO3/c24-23-20(12-15-21-7-4-16-25-21)11-8-18-9-13-22(14-10-18)26-17-19-5-2-1-3-6-19/h1-16,24H,17H2. The van der Waals surface area contributed by atoms with Gasteiger partial charge in [0.05, 0.1) is 6.26 Å². The van der Waals surface area contributed by atoms with Gasteiger partial charge in [0.25, 0.3) is 0 Å². The molecule has 0 aliphatic rings. The number of oxime groups is 1. The third kappa shape index (κ3) is 5.24. The van der Waals surface area contributed by atoms with Gasteiger partial charge in [0.2, 0.25) is 0 Å². The van der Waals surface area contributed by atoms with Crippen molar-refractivity contribution in [3.8, 4) is 5.75 Å². The van der Waals surface area contributed by atoms with Crippen LogP contribution < -0.4 is 4.74 Å². The molecule has 0 aliphatic carbocycles. The summed E-state index contributed by atoms with van der Waals surface area (Å²) < 4.78 is 11.0. The Morgan fingerprint density at radius 1 is 0.923 bits per heavy atom. The van der Waals surface area contributed by atoms with Gasteiger partial charge in [-0.3, -0.25) is 0 Å². The number of benzene rings is 2. The first-order chi connectivity index (χ1) is 12.8. The van der Waals surface area contributed by atoms with Crippen molar-refractivity contribution in [3.05, 3.63) is 102 Å². The van der Waals surface area contributed by atoms with Crippen molar-refractivity contribution >= 4 is 17.9 Å². The van der Waals surface area contributed by atoms with E-state index in [9.17, 15) is 0 Å². The minimum atomic E-state index is 0.422. The van der Waals surface area contributed by atoms with Gasteiger partial charge in [-0.1, -0.05) is 53.7 Å². The Morgan fingerprint density at radius 3 is 2.38 bits per heavy atom. The summed E-state index contributed by atoms with van der Waals surface area (Å²) in [4.78, 5) is 0. The fourth-order valence-corrected chi connectivity index (χ4v) is 2.27. The summed E-state index contributed by atoms with van der Waals surface area (Å²) in [6.45, 7) is 0.537. The SMILES string of the molecule is ON=C(C=Cc1ccc(OCc2ccccc2)cc1)C=Cc1ccco1. The van der Waals surface area contributed by atoms with Crippen molar-refractivity contribution in [3.63, 3.8) is 0 Å². The molecule has 1 aromatic heterocycles. The first-order valence-corrected chi connectivity index (χ1v) is 8.22. The van der Waals surface area contributed by atoms with E-state index in [1.807, 2.05) is 66.7 Å². The summed E-state index contributed by atoms with van der Waals surface area (Å²) in [6.07, 6.45) is 8.58. The molecule has 2 aromatic carbocycles. The Hall–Kier alpha value is -3.53. The number of hydrogen-bond acceptors (Lipinski definition) is 4. The second kappa shape index (κ2) is 9.08. The second-order valence-electron chi connectivity index (χ2n) is 5.55. The molecule has 0 amide bonds. The highest BCUT2D eigenvalue weighted by molar-refractivity contribution is 6.08. The molecular weight excluding hydrogens is 326 g/mol. The van der Waals surface area contributed by atoms with Gasteiger partial charge < -0.3 is 14.4 Å². The largest absolute Gasteiger partial charge is 0.489 e. The monoisotopic (exact) mass is 345 g/mol. The summed E-state index contributed by atoms with van der Waals surface area (Å²) >= 11 is 0. The Labute approximate surface area is 152 Å². The molecule has 0 spiro atoms. The van der Waals surface area contributed by atoms with Crippen LogP contribution in [0, 0.1) is 0 Å². The molecule has 0 radical (unpaired) electrons. The fraction of sp³-hybridized carbons (Fsp3) is 0.0455. The van der Waals surface area contributed by atoms with Crippen LogP contribution in [-0.4, -0.2) is 10.9 Å². The van der Waals surface area contributed by atoms with Gasteiger partial charge in [-0.05, 0) is 53.6 Å². The highest BCUT2D eigenvalue weighted by atomic mass is 16.5. The third-order valence-electron chi connectivity index (χ3n) is 3.65. The Bertz CT molecular complexity index is 877. The van der Waals surface area contributed by atoms with Crippen molar-refractivity contribution in [2.24, 2.45) is 5.16 Å². The summed E-state index contributed by atoms with van der Waals surface area (Å²) in [5, 5.41) is 12.3. The minimum Gasteiger partial charge on any atom is -0.489 e. The van der Waals surface area contributed by atoms with E-state index in [4.69, 9.17) is 14.4 Å². The molecule has 1 N–H and O–H groups in total. The van der Waals surface area contributed by atoms with Gasteiger partial charge in [-0.25, -0.2) is 0 Å². The number of furan rings is 1. The van der Waals surface area contributed by atoms with Crippen molar-refractivity contribution < 1.29 is 14.4 Å². The topological polar surface area (TPSA) is 55.0 Å². The molecule has 4 nitrogen and oxygen atoms in total. The van der Waals surface area contributed by atoms with E-state index in [1.54, 1.807) is 30.6 Å². The lowest BCUT2D eigenvalue weighted by atomic mass is 10.1. The molecule has 3 rings (SSSR count). The van der Waals surface area contributed by atoms with Crippen LogP contribution in [0.5, 0.6) is 5.75 Å². The highest BCUT2D eigenvalue weighted by Gasteiger charge is 1.96. The molecule has 0 bridgehead atoms. The maximum atomic E-state index is 9.09. The zero-order valence-electron chi connectivity index (χ0n) is 14.2. The highest BCUT2D eigenvalue weighted by Crippen LogP contribution is 2.15. The molecule has 130 valence electrons. The summed E-state index contributed by atoms with van der Waals surface area (Å²) in [7, 11) is 0. The molecule has 1 heterocycles. The van der Waals surface area contributed by atoms with Gasteiger partial charge in [0, 0.05) is 0 Å². The number of rotatable bonds is 7. The molecule has 4 heteroatoms. The maximum absolute atomic E-state index is 9.09. The molecular formula is C22H19NO3. The van der Waals surface area contributed by atoms with E-state index in [0.717, 1.165) is 16.9 Å². The average Bonchev–Trinajstić information content (AvgIpc) is 3.22. The fourth-order valence-electron chi connectivity index (χ4n) is 2.27. The Balaban J connectivity index is 1.56. The van der Waals surface area contributed by atoms with E-state index in [-0.39, 0.29) is 0 Å². The predicted octanol–water partition coefficient (Wildman–Crippen LogP) is 5.42. The summed E-state index contributed by atoms with van der Waals surface area (Å²) in [5.41, 5.74) is 2.53. The lowest BCUT2D eigenvalue weighted by Gasteiger charge is -2.06. The van der Waals surface area contributed by atoms with Crippen molar-refractivity contribution in [1.82, 2.24) is 0 Å². The zero-order valence-corrected chi connectivity index (χ0v) is 14.2. The summed E-state index contributed by atoms with van der Waals surface area (Å²) in [5.74, 6) is 1.50.